The third-order valence-corrected chi connectivity index (χ3v) is 3.34. The van der Waals surface area contributed by atoms with Crippen molar-refractivity contribution in [3.05, 3.63) is 29.3 Å². The van der Waals surface area contributed by atoms with Gasteiger partial charge in [-0.05, 0) is 30.7 Å². The smallest absolute Gasteiger partial charge is 0.124 e. The second-order valence-corrected chi connectivity index (χ2v) is 5.12. The van der Waals surface area contributed by atoms with Gasteiger partial charge in [-0.25, -0.2) is 0 Å². The number of aliphatic hydroxyl groups is 1. The molecule has 1 aromatic rings. The van der Waals surface area contributed by atoms with Gasteiger partial charge in [0.05, 0.1) is 6.61 Å². The van der Waals surface area contributed by atoms with Crippen LogP contribution in [-0.2, 0) is 0 Å². The number of rotatable bonds is 6. The lowest BCUT2D eigenvalue weighted by atomic mass is 10.1. The topological polar surface area (TPSA) is 58.7 Å². The van der Waals surface area contributed by atoms with Crippen LogP contribution in [0.1, 0.15) is 6.42 Å². The van der Waals surface area contributed by atoms with Gasteiger partial charge in [-0.15, -0.1) is 0 Å². The number of ether oxygens (including phenoxy) is 1. The lowest BCUT2D eigenvalue weighted by molar-refractivity contribution is 0.0174. The van der Waals surface area contributed by atoms with Crippen LogP contribution in [0.4, 0.5) is 0 Å². The highest BCUT2D eigenvalue weighted by molar-refractivity contribution is 6.30. The van der Waals surface area contributed by atoms with Gasteiger partial charge in [0.2, 0.25) is 0 Å². The fourth-order valence-electron chi connectivity index (χ4n) is 1.92. The molecule has 1 saturated heterocycles. The Morgan fingerprint density at radius 1 is 1.39 bits per heavy atom. The first-order valence-corrected chi connectivity index (χ1v) is 6.56. The molecular weight excluding hydrogens is 252 g/mol. The van der Waals surface area contributed by atoms with E-state index in [-0.39, 0.29) is 18.8 Å². The summed E-state index contributed by atoms with van der Waals surface area (Å²) in [6, 6.07) is 7.31. The first kappa shape index (κ1) is 13.6. The second-order valence-electron chi connectivity index (χ2n) is 4.68. The lowest BCUT2D eigenvalue weighted by Crippen LogP contribution is -2.54. The predicted octanol–water partition coefficient (Wildman–Crippen LogP) is 1.11. The number of benzene rings is 1. The molecule has 0 aliphatic carbocycles. The van der Waals surface area contributed by atoms with E-state index in [1.54, 1.807) is 0 Å². The number of nitrogens with two attached hydrogens (primary N) is 1. The van der Waals surface area contributed by atoms with Gasteiger partial charge in [0.1, 0.15) is 11.9 Å². The van der Waals surface area contributed by atoms with Crippen molar-refractivity contribution in [1.82, 2.24) is 4.90 Å². The summed E-state index contributed by atoms with van der Waals surface area (Å²) in [7, 11) is 0. The fraction of sp³-hybridized carbons (Fsp3) is 0.538. The average molecular weight is 271 g/mol. The largest absolute Gasteiger partial charge is 0.488 e. The molecule has 4 nitrogen and oxygen atoms in total. The Morgan fingerprint density at radius 3 is 2.67 bits per heavy atom. The van der Waals surface area contributed by atoms with Crippen LogP contribution in [-0.4, -0.2) is 48.4 Å². The summed E-state index contributed by atoms with van der Waals surface area (Å²) in [5.74, 6) is 0.858. The predicted molar refractivity (Wildman–Crippen MR) is 72.0 cm³/mol. The van der Waals surface area contributed by atoms with E-state index in [0.29, 0.717) is 0 Å². The van der Waals surface area contributed by atoms with Gasteiger partial charge in [0, 0.05) is 30.7 Å². The Balaban J connectivity index is 1.65. The summed E-state index contributed by atoms with van der Waals surface area (Å²) in [4.78, 5) is 2.27. The lowest BCUT2D eigenvalue weighted by Gasteiger charge is -2.39. The van der Waals surface area contributed by atoms with Gasteiger partial charge in [0.15, 0.2) is 0 Å². The standard InChI is InChI=1S/C13H19ClN2O2/c14-10-1-3-12(4-2-10)18-13-7-16(8-13)6-5-11(15)9-17/h1-4,11,13,17H,5-9,15H2. The molecule has 1 unspecified atom stereocenters. The van der Waals surface area contributed by atoms with E-state index >= 15 is 0 Å². The molecule has 1 atom stereocenters. The molecule has 0 amide bonds. The summed E-state index contributed by atoms with van der Waals surface area (Å²) in [5, 5.41) is 9.55. The summed E-state index contributed by atoms with van der Waals surface area (Å²) in [6.45, 7) is 2.81. The number of hydrogen-bond donors (Lipinski definition) is 2. The number of likely N-dealkylation sites (tertiary alicyclic amines) is 1. The monoisotopic (exact) mass is 270 g/mol. The van der Waals surface area contributed by atoms with Crippen LogP contribution in [0.5, 0.6) is 5.75 Å². The van der Waals surface area contributed by atoms with Gasteiger partial charge in [-0.2, -0.15) is 0 Å². The molecule has 3 N–H and O–H groups in total. The van der Waals surface area contributed by atoms with Crippen LogP contribution in [0.2, 0.25) is 5.02 Å². The average Bonchev–Trinajstić information content (AvgIpc) is 2.33. The molecule has 1 aliphatic heterocycles. The zero-order valence-electron chi connectivity index (χ0n) is 10.3. The molecule has 0 spiro atoms. The zero-order chi connectivity index (χ0) is 13.0. The molecule has 1 aliphatic rings. The maximum atomic E-state index is 8.83. The number of nitrogens with zero attached hydrogens (tertiary/aromatic N) is 1. The molecule has 1 aromatic carbocycles. The molecule has 0 saturated carbocycles. The minimum Gasteiger partial charge on any atom is -0.488 e. The van der Waals surface area contributed by atoms with Gasteiger partial charge in [0.25, 0.3) is 0 Å². The van der Waals surface area contributed by atoms with Gasteiger partial charge < -0.3 is 15.6 Å². The highest BCUT2D eigenvalue weighted by Crippen LogP contribution is 2.20. The van der Waals surface area contributed by atoms with Crippen molar-refractivity contribution in [2.75, 3.05) is 26.2 Å². The Hall–Kier alpha value is -0.810. The van der Waals surface area contributed by atoms with E-state index < -0.39 is 0 Å². The maximum absolute atomic E-state index is 8.83. The molecule has 0 aromatic heterocycles. The van der Waals surface area contributed by atoms with Crippen molar-refractivity contribution in [2.24, 2.45) is 5.73 Å². The third-order valence-electron chi connectivity index (χ3n) is 3.09. The Bertz CT molecular complexity index is 366. The number of halogens is 1. The third kappa shape index (κ3) is 3.85. The maximum Gasteiger partial charge on any atom is 0.124 e. The molecule has 100 valence electrons. The first-order chi connectivity index (χ1) is 8.67. The SMILES string of the molecule is NC(CO)CCN1CC(Oc2ccc(Cl)cc2)C1. The minimum atomic E-state index is -0.110. The van der Waals surface area contributed by atoms with Crippen LogP contribution in [0, 0.1) is 0 Å². The van der Waals surface area contributed by atoms with Crippen LogP contribution < -0.4 is 10.5 Å². The van der Waals surface area contributed by atoms with Crippen molar-refractivity contribution in [1.29, 1.82) is 0 Å². The second kappa shape index (κ2) is 6.38. The Morgan fingerprint density at radius 2 is 2.06 bits per heavy atom. The number of aliphatic hydroxyl groups excluding tert-OH is 1. The Kier molecular flexibility index (Phi) is 4.83. The summed E-state index contributed by atoms with van der Waals surface area (Å²) < 4.78 is 5.79. The van der Waals surface area contributed by atoms with E-state index in [0.717, 1.165) is 36.8 Å². The van der Waals surface area contributed by atoms with Crippen molar-refractivity contribution >= 4 is 11.6 Å². The molecule has 1 heterocycles. The quantitative estimate of drug-likeness (QED) is 0.813. The van der Waals surface area contributed by atoms with Crippen LogP contribution in [0.25, 0.3) is 0 Å². The summed E-state index contributed by atoms with van der Waals surface area (Å²) in [6.07, 6.45) is 1.07. The summed E-state index contributed by atoms with van der Waals surface area (Å²) in [5.41, 5.74) is 5.65. The van der Waals surface area contributed by atoms with Gasteiger partial charge in [-0.1, -0.05) is 11.6 Å². The van der Waals surface area contributed by atoms with Crippen LogP contribution in [0.15, 0.2) is 24.3 Å². The molecule has 1 fully saturated rings. The van der Waals surface area contributed by atoms with E-state index in [1.165, 1.54) is 0 Å². The van der Waals surface area contributed by atoms with Crippen molar-refractivity contribution < 1.29 is 9.84 Å². The highest BCUT2D eigenvalue weighted by Gasteiger charge is 2.28. The van der Waals surface area contributed by atoms with Crippen LogP contribution in [0.3, 0.4) is 0 Å². The molecule has 0 bridgehead atoms. The highest BCUT2D eigenvalue weighted by atomic mass is 35.5. The van der Waals surface area contributed by atoms with Crippen LogP contribution >= 0.6 is 11.6 Å². The van der Waals surface area contributed by atoms with E-state index in [1.807, 2.05) is 24.3 Å². The van der Waals surface area contributed by atoms with Crippen molar-refractivity contribution in [2.45, 2.75) is 18.6 Å². The van der Waals surface area contributed by atoms with E-state index in [9.17, 15) is 0 Å². The summed E-state index contributed by atoms with van der Waals surface area (Å²) >= 11 is 5.81. The molecule has 5 heteroatoms. The van der Waals surface area contributed by atoms with Crippen molar-refractivity contribution in [3.8, 4) is 5.75 Å². The van der Waals surface area contributed by atoms with E-state index in [2.05, 4.69) is 4.90 Å². The van der Waals surface area contributed by atoms with Gasteiger partial charge >= 0.3 is 0 Å². The molecule has 0 radical (unpaired) electrons. The van der Waals surface area contributed by atoms with E-state index in [4.69, 9.17) is 27.2 Å². The molecule has 18 heavy (non-hydrogen) atoms. The zero-order valence-corrected chi connectivity index (χ0v) is 11.0. The first-order valence-electron chi connectivity index (χ1n) is 6.18. The molecule has 2 rings (SSSR count). The number of hydrogen-bond acceptors (Lipinski definition) is 4. The van der Waals surface area contributed by atoms with Crippen molar-refractivity contribution in [3.63, 3.8) is 0 Å². The normalized spacial score (nSPS) is 18.4. The Labute approximate surface area is 112 Å². The van der Waals surface area contributed by atoms with Gasteiger partial charge in [-0.3, -0.25) is 4.90 Å². The fourth-order valence-corrected chi connectivity index (χ4v) is 2.05. The molecular formula is C13H19ClN2O2. The minimum absolute atomic E-state index is 0.0541.